The first-order valence-corrected chi connectivity index (χ1v) is 25.1. The van der Waals surface area contributed by atoms with Gasteiger partial charge < -0.3 is 52.8 Å². The maximum atomic E-state index is 14.7. The number of rotatable bonds is 18. The van der Waals surface area contributed by atoms with Gasteiger partial charge in [-0.2, -0.15) is 5.26 Å². The molecule has 1 aliphatic heterocycles. The summed E-state index contributed by atoms with van der Waals surface area (Å²) in [5.41, 5.74) is 22.0. The minimum atomic E-state index is -1.41. The summed E-state index contributed by atoms with van der Waals surface area (Å²) in [5, 5.41) is 19.9. The second-order valence-corrected chi connectivity index (χ2v) is 21.8. The molecule has 0 saturated carbocycles. The number of carbonyl (C=O) groups is 5. The van der Waals surface area contributed by atoms with E-state index in [9.17, 15) is 29.2 Å². The van der Waals surface area contributed by atoms with E-state index in [1.165, 1.54) is 25.1 Å². The Kier molecular flexibility index (Phi) is 19.2. The molecule has 0 saturated heterocycles. The van der Waals surface area contributed by atoms with Crippen LogP contribution in [0.5, 0.6) is 11.5 Å². The number of nitrogens with zero attached hydrogens (tertiary/aromatic N) is 4. The molecule has 1 aliphatic rings. The SMILES string of the molecule is Cc1nc(-c2ccc(C(C)(C)SSC(C)(C)C)cc2)ncc1C(=O)N[C@@H](CCN)C(=O)N(C)[C@@H]1C(=O)N[C@@H](C)C(=O)N[C@H](C(=O)NCC#N)Cc2ccc(OCCN)c(c2)-c2cc1ccc2OCCN. The maximum Gasteiger partial charge on any atom is 0.255 e. The first kappa shape index (κ1) is 54.7. The number of nitrogens with two attached hydrogens (primary N) is 3. The Labute approximate surface area is 417 Å². The number of hydrogen-bond acceptors (Lipinski definition) is 15. The number of nitriles is 1. The Balaban J connectivity index is 1.51. The second kappa shape index (κ2) is 24.5. The van der Waals surface area contributed by atoms with Gasteiger partial charge >= 0.3 is 0 Å². The zero-order valence-corrected chi connectivity index (χ0v) is 42.6. The van der Waals surface area contributed by atoms with Crippen molar-refractivity contribution in [2.24, 2.45) is 17.2 Å². The highest BCUT2D eigenvalue weighted by Crippen LogP contribution is 2.48. The van der Waals surface area contributed by atoms with Crippen LogP contribution in [-0.2, 0) is 30.3 Å². The maximum absolute atomic E-state index is 14.7. The number of fused-ring (bicyclic) bond motifs is 5. The summed E-state index contributed by atoms with van der Waals surface area (Å²) in [6.07, 6.45) is 1.41. The fraction of sp³-hybridized carbons (Fsp3) is 0.440. The van der Waals surface area contributed by atoms with E-state index >= 15 is 0 Å². The molecule has 70 heavy (non-hydrogen) atoms. The zero-order chi connectivity index (χ0) is 51.3. The number of benzene rings is 3. The Bertz CT molecular complexity index is 2570. The Morgan fingerprint density at radius 1 is 0.900 bits per heavy atom. The van der Waals surface area contributed by atoms with Crippen LogP contribution in [0.3, 0.4) is 0 Å². The molecule has 0 aliphatic carbocycles. The lowest BCUT2D eigenvalue weighted by atomic mass is 9.93. The molecule has 0 unspecified atom stereocenters. The van der Waals surface area contributed by atoms with Gasteiger partial charge in [0.25, 0.3) is 5.91 Å². The molecule has 374 valence electrons. The van der Waals surface area contributed by atoms with Crippen molar-refractivity contribution in [3.05, 3.63) is 94.8 Å². The van der Waals surface area contributed by atoms with Gasteiger partial charge in [0, 0.05) is 58.9 Å². The molecule has 1 aromatic heterocycles. The van der Waals surface area contributed by atoms with Crippen LogP contribution in [0.1, 0.15) is 86.7 Å². The van der Waals surface area contributed by atoms with Crippen molar-refractivity contribution in [2.45, 2.75) is 95.0 Å². The van der Waals surface area contributed by atoms with Crippen molar-refractivity contribution in [1.82, 2.24) is 36.1 Å². The molecule has 0 spiro atoms. The Hall–Kier alpha value is -6.24. The van der Waals surface area contributed by atoms with E-state index < -0.39 is 53.7 Å². The van der Waals surface area contributed by atoms with Gasteiger partial charge in [0.2, 0.25) is 23.6 Å². The molecule has 5 rings (SSSR count). The van der Waals surface area contributed by atoms with E-state index in [-0.39, 0.29) is 67.3 Å². The van der Waals surface area contributed by atoms with Crippen molar-refractivity contribution in [3.63, 3.8) is 0 Å². The van der Waals surface area contributed by atoms with Crippen molar-refractivity contribution in [1.29, 1.82) is 5.26 Å². The quantitative estimate of drug-likeness (QED) is 0.0547. The first-order chi connectivity index (χ1) is 33.2. The van der Waals surface area contributed by atoms with Crippen molar-refractivity contribution >= 4 is 51.1 Å². The topological polar surface area (TPSA) is 283 Å². The van der Waals surface area contributed by atoms with E-state index in [1.807, 2.05) is 39.8 Å². The predicted octanol–water partition coefficient (Wildman–Crippen LogP) is 4.04. The zero-order valence-electron chi connectivity index (χ0n) is 41.0. The monoisotopic (exact) mass is 995 g/mol. The Morgan fingerprint density at radius 3 is 2.14 bits per heavy atom. The number of carbonyl (C=O) groups excluding carboxylic acids is 5. The van der Waals surface area contributed by atoms with Gasteiger partial charge in [-0.1, -0.05) is 78.8 Å². The van der Waals surface area contributed by atoms with E-state index in [4.69, 9.17) is 26.7 Å². The summed E-state index contributed by atoms with van der Waals surface area (Å²) < 4.78 is 12.2. The molecule has 4 aromatic rings. The van der Waals surface area contributed by atoms with Crippen LogP contribution < -0.4 is 47.9 Å². The van der Waals surface area contributed by atoms with Gasteiger partial charge in [0.05, 0.1) is 17.3 Å². The van der Waals surface area contributed by atoms with Crippen LogP contribution >= 0.6 is 21.6 Å². The lowest BCUT2D eigenvalue weighted by Gasteiger charge is -2.32. The van der Waals surface area contributed by atoms with E-state index in [1.54, 1.807) is 43.3 Å². The smallest absolute Gasteiger partial charge is 0.255 e. The summed E-state index contributed by atoms with van der Waals surface area (Å²) in [4.78, 5) is 80.9. The number of hydrogen-bond donors (Lipinski definition) is 7. The highest BCUT2D eigenvalue weighted by Gasteiger charge is 2.36. The molecule has 4 atom stereocenters. The second-order valence-electron chi connectivity index (χ2n) is 18.2. The highest BCUT2D eigenvalue weighted by molar-refractivity contribution is 8.77. The number of aryl methyl sites for hydroxylation is 1. The first-order valence-electron chi connectivity index (χ1n) is 23.0. The third-order valence-corrected chi connectivity index (χ3v) is 15.4. The van der Waals surface area contributed by atoms with E-state index in [0.717, 1.165) is 11.1 Å². The van der Waals surface area contributed by atoms with Crippen LogP contribution in [0.15, 0.2) is 66.9 Å². The largest absolute Gasteiger partial charge is 0.492 e. The van der Waals surface area contributed by atoms with Gasteiger partial charge in [-0.3, -0.25) is 24.0 Å². The lowest BCUT2D eigenvalue weighted by Crippen LogP contribution is -2.56. The molecule has 5 amide bonds. The summed E-state index contributed by atoms with van der Waals surface area (Å²) in [5.74, 6) is -2.18. The van der Waals surface area contributed by atoms with E-state index in [0.29, 0.717) is 45.3 Å². The van der Waals surface area contributed by atoms with Gasteiger partial charge in [-0.25, -0.2) is 9.97 Å². The number of nitrogens with one attached hydrogen (secondary N) is 4. The molecule has 0 fully saturated rings. The van der Waals surface area contributed by atoms with Crippen molar-refractivity contribution in [3.8, 4) is 40.1 Å². The average Bonchev–Trinajstić information content (AvgIpc) is 3.32. The molecular weight excluding hydrogens is 931 g/mol. The van der Waals surface area contributed by atoms with E-state index in [2.05, 4.69) is 78.0 Å². The van der Waals surface area contributed by atoms with Crippen LogP contribution in [0.25, 0.3) is 22.5 Å². The van der Waals surface area contributed by atoms with Crippen LogP contribution in [0.2, 0.25) is 0 Å². The fourth-order valence-electron chi connectivity index (χ4n) is 7.49. The highest BCUT2D eigenvalue weighted by atomic mass is 33.1. The predicted molar refractivity (Wildman–Crippen MR) is 273 cm³/mol. The fourth-order valence-corrected chi connectivity index (χ4v) is 9.85. The number of amides is 5. The summed E-state index contributed by atoms with van der Waals surface area (Å²) in [6.45, 7) is 14.4. The molecular formula is C50H65N11O7S2. The number of aromatic nitrogens is 2. The van der Waals surface area contributed by atoms with Gasteiger partial charge in [-0.05, 0) is 81.6 Å². The molecule has 3 aromatic carbocycles. The minimum Gasteiger partial charge on any atom is -0.492 e. The molecule has 2 heterocycles. The van der Waals surface area contributed by atoms with Crippen LogP contribution in [-0.4, -0.2) is 114 Å². The third kappa shape index (κ3) is 14.2. The summed E-state index contributed by atoms with van der Waals surface area (Å²) in [6, 6.07) is 15.0. The third-order valence-electron chi connectivity index (χ3n) is 11.2. The molecule has 20 heteroatoms. The van der Waals surface area contributed by atoms with Gasteiger partial charge in [0.15, 0.2) is 5.82 Å². The Morgan fingerprint density at radius 2 is 1.54 bits per heavy atom. The standard InChI is InChI=1S/C50H65N11O7S2/c1-29-37(28-56-43(57-29)32-10-13-34(14-11-32)50(6,7)70-69-49(3,4)5)45(63)59-38(17-18-51)48(66)61(8)42-33-12-16-41(68-24-21-54)36(27-33)35-25-31(9-15-40(35)67-23-20-53)26-39(46(64)55-22-19-52)60-44(62)30(2)58-47(42)65/h9-16,25,27-28,30,38-39,42H,17-18,20-24,26,51,53-54H2,1-8H3,(H,55,64)(H,58,65)(H,59,63)(H,60,62)/t30-,38-,39-,42-/m0/s1. The lowest BCUT2D eigenvalue weighted by molar-refractivity contribution is -0.141. The van der Waals surface area contributed by atoms with Crippen molar-refractivity contribution < 1.29 is 33.4 Å². The molecule has 18 nitrogen and oxygen atoms in total. The molecule has 0 radical (unpaired) electrons. The number of ether oxygens (including phenoxy) is 2. The van der Waals surface area contributed by atoms with Crippen molar-refractivity contribution in [2.75, 3.05) is 46.4 Å². The minimum absolute atomic E-state index is 0.000219. The molecule has 10 N–H and O–H groups in total. The average molecular weight is 996 g/mol. The molecule has 4 bridgehead atoms. The van der Waals surface area contributed by atoms with Crippen LogP contribution in [0, 0.1) is 18.3 Å². The summed E-state index contributed by atoms with van der Waals surface area (Å²) in [7, 11) is 5.06. The van der Waals surface area contributed by atoms with Gasteiger partial charge in [0.1, 0.15) is 55.4 Å². The number of likely N-dealkylation sites (N-methyl/N-ethyl adjacent to an activating group) is 1. The van der Waals surface area contributed by atoms with Crippen LogP contribution in [0.4, 0.5) is 0 Å². The van der Waals surface area contributed by atoms with Gasteiger partial charge in [-0.15, -0.1) is 0 Å². The normalized spacial score (nSPS) is 16.6. The summed E-state index contributed by atoms with van der Waals surface area (Å²) >= 11 is 0.